The molecule has 186 valence electrons. The van der Waals surface area contributed by atoms with Gasteiger partial charge in [0.15, 0.2) is 5.96 Å². The monoisotopic (exact) mass is 469 g/mol. The van der Waals surface area contributed by atoms with Crippen molar-refractivity contribution in [3.05, 3.63) is 35.9 Å². The van der Waals surface area contributed by atoms with Crippen LogP contribution in [0.3, 0.4) is 0 Å². The number of rotatable bonds is 10. The van der Waals surface area contributed by atoms with Gasteiger partial charge in [-0.2, -0.15) is 0 Å². The number of nitrogens with two attached hydrogens (primary N) is 3. The molecule has 0 radical (unpaired) electrons. The smallest absolute Gasteiger partial charge is 0.405 e. The zero-order valence-electron chi connectivity index (χ0n) is 20.7. The van der Waals surface area contributed by atoms with E-state index in [4.69, 9.17) is 26.5 Å². The highest BCUT2D eigenvalue weighted by atomic mass is 16.7. The molecule has 9 heteroatoms. The summed E-state index contributed by atoms with van der Waals surface area (Å²) in [6.45, 7) is 7.39. The van der Waals surface area contributed by atoms with Crippen LogP contribution in [0.5, 0.6) is 0 Å². The van der Waals surface area contributed by atoms with Gasteiger partial charge in [-0.25, -0.2) is 0 Å². The predicted molar refractivity (Wildman–Crippen MR) is 135 cm³/mol. The van der Waals surface area contributed by atoms with Crippen molar-refractivity contribution in [2.45, 2.75) is 83.0 Å². The first-order chi connectivity index (χ1) is 16.1. The Balaban J connectivity index is 1.38. The van der Waals surface area contributed by atoms with Crippen LogP contribution in [-0.4, -0.2) is 49.3 Å². The van der Waals surface area contributed by atoms with Crippen molar-refractivity contribution in [2.75, 3.05) is 6.54 Å². The van der Waals surface area contributed by atoms with Gasteiger partial charge in [-0.3, -0.25) is 9.79 Å². The van der Waals surface area contributed by atoms with Crippen LogP contribution in [0, 0.1) is 17.3 Å². The molecule has 4 fully saturated rings. The molecule has 5 rings (SSSR count). The lowest BCUT2D eigenvalue weighted by Gasteiger charge is -2.64. The highest BCUT2D eigenvalue weighted by Crippen LogP contribution is 2.65. The van der Waals surface area contributed by atoms with E-state index in [0.29, 0.717) is 49.4 Å². The molecular formula is C25H40BN5O3. The molecule has 7 N–H and O–H groups in total. The summed E-state index contributed by atoms with van der Waals surface area (Å²) in [5.41, 5.74) is 18.1. The number of carbonyl (C=O) groups is 1. The number of hydrogen-bond donors (Lipinski definition) is 4. The quantitative estimate of drug-likeness (QED) is 0.179. The Bertz CT molecular complexity index is 894. The van der Waals surface area contributed by atoms with Crippen molar-refractivity contribution in [1.82, 2.24) is 5.32 Å². The van der Waals surface area contributed by atoms with Crippen LogP contribution in [0.25, 0.3) is 0 Å². The minimum atomic E-state index is -0.619. The number of guanidine groups is 1. The molecule has 4 aliphatic rings. The largest absolute Gasteiger partial charge is 0.459 e. The van der Waals surface area contributed by atoms with E-state index in [1.807, 2.05) is 18.2 Å². The molecule has 1 aliphatic heterocycles. The third-order valence-corrected chi connectivity index (χ3v) is 8.45. The highest BCUT2D eigenvalue weighted by molar-refractivity contribution is 6.45. The Morgan fingerprint density at radius 2 is 1.97 bits per heavy atom. The Hall–Kier alpha value is -2.10. The Labute approximate surface area is 203 Å². The first-order valence-electron chi connectivity index (χ1n) is 12.6. The van der Waals surface area contributed by atoms with Crippen LogP contribution in [0.15, 0.2) is 35.3 Å². The molecule has 1 aromatic carbocycles. The molecule has 34 heavy (non-hydrogen) atoms. The van der Waals surface area contributed by atoms with E-state index >= 15 is 0 Å². The third kappa shape index (κ3) is 5.11. The second kappa shape index (κ2) is 9.87. The number of benzene rings is 1. The first-order valence-corrected chi connectivity index (χ1v) is 12.6. The number of aliphatic imine (C=N–C) groups is 1. The first kappa shape index (κ1) is 25.0. The molecular weight excluding hydrogens is 429 g/mol. The van der Waals surface area contributed by atoms with E-state index in [9.17, 15) is 4.79 Å². The van der Waals surface area contributed by atoms with Gasteiger partial charge in [0.2, 0.25) is 5.91 Å². The molecule has 3 unspecified atom stereocenters. The van der Waals surface area contributed by atoms with Gasteiger partial charge in [-0.1, -0.05) is 44.2 Å². The summed E-state index contributed by atoms with van der Waals surface area (Å²) in [4.78, 5) is 16.9. The second-order valence-corrected chi connectivity index (χ2v) is 11.1. The number of nitrogens with one attached hydrogen (secondary N) is 1. The highest BCUT2D eigenvalue weighted by Gasteiger charge is 2.67. The lowest BCUT2D eigenvalue weighted by atomic mass is 9.43. The van der Waals surface area contributed by atoms with Crippen LogP contribution < -0.4 is 22.5 Å². The zero-order chi connectivity index (χ0) is 24.5. The maximum Gasteiger partial charge on any atom is 0.459 e. The fourth-order valence-corrected chi connectivity index (χ4v) is 6.33. The van der Waals surface area contributed by atoms with E-state index in [-0.39, 0.29) is 36.7 Å². The molecule has 0 spiro atoms. The summed E-state index contributed by atoms with van der Waals surface area (Å²) in [5, 5.41) is 3.16. The second-order valence-electron chi connectivity index (χ2n) is 11.1. The topological polar surface area (TPSA) is 138 Å². The molecule has 8 nitrogen and oxygen atoms in total. The average molecular weight is 469 g/mol. The van der Waals surface area contributed by atoms with Crippen LogP contribution >= 0.6 is 0 Å². The van der Waals surface area contributed by atoms with E-state index in [1.165, 1.54) is 6.42 Å². The summed E-state index contributed by atoms with van der Waals surface area (Å²) in [7, 11) is -0.336. The molecule has 1 amide bonds. The average Bonchev–Trinajstić information content (AvgIpc) is 3.12. The fourth-order valence-electron chi connectivity index (χ4n) is 6.33. The van der Waals surface area contributed by atoms with E-state index in [0.717, 1.165) is 12.0 Å². The normalized spacial score (nSPS) is 30.6. The number of amides is 1. The summed E-state index contributed by atoms with van der Waals surface area (Å²) >= 11 is 0. The predicted octanol–water partition coefficient (Wildman–Crippen LogP) is 1.82. The van der Waals surface area contributed by atoms with E-state index in [2.05, 4.69) is 43.2 Å². The lowest BCUT2D eigenvalue weighted by molar-refractivity contribution is -0.199. The van der Waals surface area contributed by atoms with Crippen molar-refractivity contribution in [1.29, 1.82) is 0 Å². The van der Waals surface area contributed by atoms with E-state index < -0.39 is 6.04 Å². The van der Waals surface area contributed by atoms with Crippen LogP contribution in [0.2, 0.25) is 6.32 Å². The maximum absolute atomic E-state index is 12.9. The van der Waals surface area contributed by atoms with Crippen molar-refractivity contribution in [3.63, 3.8) is 0 Å². The van der Waals surface area contributed by atoms with Crippen LogP contribution in [0.4, 0.5) is 0 Å². The van der Waals surface area contributed by atoms with E-state index in [1.54, 1.807) is 0 Å². The van der Waals surface area contributed by atoms with Gasteiger partial charge in [-0.15, -0.1) is 0 Å². The van der Waals surface area contributed by atoms with Crippen LogP contribution in [0.1, 0.15) is 52.0 Å². The molecule has 1 saturated heterocycles. The van der Waals surface area contributed by atoms with Gasteiger partial charge >= 0.3 is 7.12 Å². The number of carbonyl (C=O) groups excluding carboxylic acids is 1. The van der Waals surface area contributed by atoms with Crippen molar-refractivity contribution in [3.8, 4) is 0 Å². The molecule has 3 saturated carbocycles. The molecule has 1 aromatic rings. The van der Waals surface area contributed by atoms with Gasteiger partial charge in [0, 0.05) is 18.9 Å². The maximum atomic E-state index is 12.9. The molecule has 2 bridgehead atoms. The molecule has 0 aromatic heterocycles. The summed E-state index contributed by atoms with van der Waals surface area (Å²) < 4.78 is 13.0. The summed E-state index contributed by atoms with van der Waals surface area (Å²) in [5.74, 6) is 1.09. The van der Waals surface area contributed by atoms with Gasteiger partial charge in [-0.05, 0) is 61.8 Å². The minimum Gasteiger partial charge on any atom is -0.405 e. The molecule has 3 aliphatic carbocycles. The van der Waals surface area contributed by atoms with Gasteiger partial charge in [0.25, 0.3) is 0 Å². The Morgan fingerprint density at radius 1 is 1.24 bits per heavy atom. The lowest BCUT2D eigenvalue weighted by Crippen LogP contribution is -2.65. The third-order valence-electron chi connectivity index (χ3n) is 8.45. The SMILES string of the molecule is CC1(C)C2CC3OB(C[C@@H](Cc4ccccc4)NC(=O)[C@@H](N)CCCN=C(N)N)O[C@]3(C)C1C2. The summed E-state index contributed by atoms with van der Waals surface area (Å²) in [6.07, 6.45) is 4.82. The van der Waals surface area contributed by atoms with Crippen molar-refractivity contribution in [2.24, 2.45) is 39.4 Å². The molecule has 1 heterocycles. The number of nitrogens with zero attached hydrogens (tertiary/aromatic N) is 1. The van der Waals surface area contributed by atoms with Crippen LogP contribution in [-0.2, 0) is 20.5 Å². The summed E-state index contributed by atoms with van der Waals surface area (Å²) in [6, 6.07) is 9.40. The minimum absolute atomic E-state index is 0.0488. The zero-order valence-corrected chi connectivity index (χ0v) is 20.7. The van der Waals surface area contributed by atoms with Gasteiger partial charge in [0.1, 0.15) is 0 Å². The fraction of sp³-hybridized carbons (Fsp3) is 0.680. The van der Waals surface area contributed by atoms with Gasteiger partial charge < -0.3 is 31.8 Å². The number of hydrogen-bond acceptors (Lipinski definition) is 5. The van der Waals surface area contributed by atoms with Crippen molar-refractivity contribution >= 4 is 19.0 Å². The Kier molecular flexibility index (Phi) is 7.26. The standard InChI is InChI=1S/C25H40BN5O3/c1-24(2)17-13-20(24)25(3)21(14-17)33-26(34-25)15-18(12-16-8-5-4-6-9-16)31-22(32)19(27)10-7-11-30-23(28)29/h4-6,8-9,17-21H,7,10-15,27H2,1-3H3,(H,31,32)(H4,28,29,30)/t17?,18-,19+,20?,21?,25-/m1/s1. The van der Waals surface area contributed by atoms with Gasteiger partial charge in [0.05, 0.1) is 17.7 Å². The molecule has 6 atom stereocenters. The Morgan fingerprint density at radius 3 is 2.65 bits per heavy atom. The van der Waals surface area contributed by atoms with Crippen molar-refractivity contribution < 1.29 is 14.1 Å².